The van der Waals surface area contributed by atoms with Crippen molar-refractivity contribution < 1.29 is 14.6 Å². The number of ether oxygens (including phenoxy) is 2. The van der Waals surface area contributed by atoms with Crippen LogP contribution in [0.3, 0.4) is 0 Å². The van der Waals surface area contributed by atoms with Gasteiger partial charge in [0.15, 0.2) is 0 Å². The summed E-state index contributed by atoms with van der Waals surface area (Å²) in [6.45, 7) is 5.42. The van der Waals surface area contributed by atoms with Gasteiger partial charge in [0.2, 0.25) is 0 Å². The maximum Gasteiger partial charge on any atom is 0.0898 e. The van der Waals surface area contributed by atoms with Crippen LogP contribution >= 0.6 is 11.3 Å². The lowest BCUT2D eigenvalue weighted by Crippen LogP contribution is -2.33. The fourth-order valence-electron chi connectivity index (χ4n) is 1.57. The molecule has 0 saturated carbocycles. The molecule has 1 heterocycles. The van der Waals surface area contributed by atoms with Crippen LogP contribution in [0.4, 0.5) is 0 Å². The van der Waals surface area contributed by atoms with E-state index < -0.39 is 6.10 Å². The molecule has 0 amide bonds. The predicted octanol–water partition coefficient (Wildman–Crippen LogP) is 1.81. The summed E-state index contributed by atoms with van der Waals surface area (Å²) in [7, 11) is 1.64. The number of rotatable bonds is 9. The number of hydrogen-bond acceptors (Lipinski definition) is 5. The number of nitrogens with one attached hydrogen (secondary N) is 1. The highest BCUT2D eigenvalue weighted by atomic mass is 32.1. The van der Waals surface area contributed by atoms with Crippen molar-refractivity contribution in [1.82, 2.24) is 5.32 Å². The van der Waals surface area contributed by atoms with E-state index >= 15 is 0 Å². The van der Waals surface area contributed by atoms with E-state index in [1.54, 1.807) is 18.4 Å². The smallest absolute Gasteiger partial charge is 0.0898 e. The summed E-state index contributed by atoms with van der Waals surface area (Å²) in [4.78, 5) is 1.27. The summed E-state index contributed by atoms with van der Waals surface area (Å²) >= 11 is 1.72. The standard InChI is InChI=1S/C13H23NO3S/c1-10(8-16-3)17-9-12(15)7-14-11(2)13-5-4-6-18-13/h4-6,10-12,14-15H,7-9H2,1-3H3/t10?,11-,12?/m1/s1. The van der Waals surface area contributed by atoms with Gasteiger partial charge in [-0.3, -0.25) is 0 Å². The topological polar surface area (TPSA) is 50.7 Å². The first kappa shape index (κ1) is 15.6. The van der Waals surface area contributed by atoms with Gasteiger partial charge in [-0.2, -0.15) is 0 Å². The van der Waals surface area contributed by atoms with Crippen LogP contribution in [0.25, 0.3) is 0 Å². The highest BCUT2D eigenvalue weighted by molar-refractivity contribution is 7.10. The monoisotopic (exact) mass is 273 g/mol. The van der Waals surface area contributed by atoms with Gasteiger partial charge in [0.05, 0.1) is 25.4 Å². The molecule has 0 radical (unpaired) electrons. The molecular weight excluding hydrogens is 250 g/mol. The molecule has 0 saturated heterocycles. The molecule has 2 N–H and O–H groups in total. The second-order valence-electron chi connectivity index (χ2n) is 4.40. The van der Waals surface area contributed by atoms with Gasteiger partial charge in [-0.05, 0) is 25.3 Å². The minimum atomic E-state index is -0.494. The third kappa shape index (κ3) is 5.93. The molecule has 4 nitrogen and oxygen atoms in total. The average Bonchev–Trinajstić information content (AvgIpc) is 2.87. The molecule has 18 heavy (non-hydrogen) atoms. The molecule has 104 valence electrons. The zero-order valence-electron chi connectivity index (χ0n) is 11.3. The van der Waals surface area contributed by atoms with Gasteiger partial charge in [0, 0.05) is 24.6 Å². The van der Waals surface area contributed by atoms with Crippen molar-refractivity contribution in [2.45, 2.75) is 32.1 Å². The normalized spacial score (nSPS) is 16.4. The summed E-state index contributed by atoms with van der Waals surface area (Å²) in [5.74, 6) is 0. The Bertz CT molecular complexity index is 305. The summed E-state index contributed by atoms with van der Waals surface area (Å²) in [6, 6.07) is 4.38. The van der Waals surface area contributed by atoms with Crippen molar-refractivity contribution >= 4 is 11.3 Å². The van der Waals surface area contributed by atoms with Gasteiger partial charge in [0.25, 0.3) is 0 Å². The number of aliphatic hydroxyl groups excluding tert-OH is 1. The van der Waals surface area contributed by atoms with Gasteiger partial charge in [-0.15, -0.1) is 11.3 Å². The van der Waals surface area contributed by atoms with E-state index in [9.17, 15) is 5.11 Å². The van der Waals surface area contributed by atoms with E-state index in [2.05, 4.69) is 23.7 Å². The first-order valence-corrected chi connectivity index (χ1v) is 7.06. The third-order valence-electron chi connectivity index (χ3n) is 2.60. The minimum absolute atomic E-state index is 0.0133. The molecule has 2 unspecified atom stereocenters. The van der Waals surface area contributed by atoms with Gasteiger partial charge in [-0.25, -0.2) is 0 Å². The summed E-state index contributed by atoms with van der Waals surface area (Å²) in [5.41, 5.74) is 0. The molecule has 5 heteroatoms. The highest BCUT2D eigenvalue weighted by Crippen LogP contribution is 2.17. The molecular formula is C13H23NO3S. The van der Waals surface area contributed by atoms with Gasteiger partial charge >= 0.3 is 0 Å². The van der Waals surface area contributed by atoms with Crippen molar-refractivity contribution in [2.24, 2.45) is 0 Å². The number of thiophene rings is 1. The second kappa shape index (κ2) is 8.61. The molecule has 0 fully saturated rings. The third-order valence-corrected chi connectivity index (χ3v) is 3.66. The molecule has 1 rings (SSSR count). The van der Waals surface area contributed by atoms with Crippen LogP contribution in [0, 0.1) is 0 Å². The van der Waals surface area contributed by atoms with Crippen LogP contribution in [-0.2, 0) is 9.47 Å². The Balaban J connectivity index is 2.15. The van der Waals surface area contributed by atoms with Gasteiger partial charge < -0.3 is 19.9 Å². The Hall–Kier alpha value is -0.460. The van der Waals surface area contributed by atoms with Crippen LogP contribution in [0.5, 0.6) is 0 Å². The molecule has 0 spiro atoms. The van der Waals surface area contributed by atoms with E-state index in [4.69, 9.17) is 9.47 Å². The molecule has 1 aromatic rings. The molecule has 0 aromatic carbocycles. The lowest BCUT2D eigenvalue weighted by atomic mass is 10.2. The first-order valence-electron chi connectivity index (χ1n) is 6.19. The minimum Gasteiger partial charge on any atom is -0.389 e. The van der Waals surface area contributed by atoms with E-state index in [0.29, 0.717) is 19.8 Å². The summed E-state index contributed by atoms with van der Waals surface area (Å²) in [5, 5.41) is 15.1. The van der Waals surface area contributed by atoms with E-state index in [1.165, 1.54) is 4.88 Å². The van der Waals surface area contributed by atoms with Crippen molar-refractivity contribution in [2.75, 3.05) is 26.9 Å². The van der Waals surface area contributed by atoms with E-state index in [1.807, 2.05) is 13.0 Å². The van der Waals surface area contributed by atoms with Crippen molar-refractivity contribution in [1.29, 1.82) is 0 Å². The maximum atomic E-state index is 9.79. The zero-order chi connectivity index (χ0) is 13.4. The summed E-state index contributed by atoms with van der Waals surface area (Å²) in [6.07, 6.45) is -0.480. The lowest BCUT2D eigenvalue weighted by molar-refractivity contribution is -0.0315. The maximum absolute atomic E-state index is 9.79. The van der Waals surface area contributed by atoms with E-state index in [-0.39, 0.29) is 12.1 Å². The Morgan fingerprint density at radius 2 is 2.17 bits per heavy atom. The molecule has 0 aliphatic heterocycles. The number of hydrogen-bond donors (Lipinski definition) is 2. The Morgan fingerprint density at radius 3 is 2.78 bits per heavy atom. The fraction of sp³-hybridized carbons (Fsp3) is 0.692. The predicted molar refractivity (Wildman–Crippen MR) is 74.0 cm³/mol. The molecule has 0 aliphatic carbocycles. The molecule has 3 atom stereocenters. The SMILES string of the molecule is COCC(C)OCC(O)CN[C@H](C)c1cccs1. The van der Waals surface area contributed by atoms with Gasteiger partial charge in [-0.1, -0.05) is 6.07 Å². The highest BCUT2D eigenvalue weighted by Gasteiger charge is 2.11. The van der Waals surface area contributed by atoms with Crippen LogP contribution < -0.4 is 5.32 Å². The van der Waals surface area contributed by atoms with Crippen LogP contribution in [0.2, 0.25) is 0 Å². The molecule has 0 aliphatic rings. The van der Waals surface area contributed by atoms with Crippen LogP contribution in [0.15, 0.2) is 17.5 Å². The molecule has 0 bridgehead atoms. The zero-order valence-corrected chi connectivity index (χ0v) is 12.1. The van der Waals surface area contributed by atoms with Gasteiger partial charge in [0.1, 0.15) is 0 Å². The Labute approximate surface area is 113 Å². The van der Waals surface area contributed by atoms with Crippen molar-refractivity contribution in [3.05, 3.63) is 22.4 Å². The van der Waals surface area contributed by atoms with E-state index in [0.717, 1.165) is 0 Å². The number of aliphatic hydroxyl groups is 1. The summed E-state index contributed by atoms with van der Waals surface area (Å²) < 4.78 is 10.4. The second-order valence-corrected chi connectivity index (χ2v) is 5.38. The largest absolute Gasteiger partial charge is 0.389 e. The Morgan fingerprint density at radius 1 is 1.39 bits per heavy atom. The number of methoxy groups -OCH3 is 1. The Kier molecular flexibility index (Phi) is 7.46. The van der Waals surface area contributed by atoms with Crippen molar-refractivity contribution in [3.8, 4) is 0 Å². The quantitative estimate of drug-likeness (QED) is 0.720. The molecule has 1 aromatic heterocycles. The lowest BCUT2D eigenvalue weighted by Gasteiger charge is -2.18. The van der Waals surface area contributed by atoms with Crippen LogP contribution in [0.1, 0.15) is 24.8 Å². The fourth-order valence-corrected chi connectivity index (χ4v) is 2.33. The average molecular weight is 273 g/mol. The first-order chi connectivity index (χ1) is 8.63. The van der Waals surface area contributed by atoms with Crippen LogP contribution in [-0.4, -0.2) is 44.2 Å². The van der Waals surface area contributed by atoms with Crippen molar-refractivity contribution in [3.63, 3.8) is 0 Å².